The van der Waals surface area contributed by atoms with Crippen LogP contribution in [0.25, 0.3) is 0 Å². The average molecular weight is 275 g/mol. The Bertz CT molecular complexity index is 595. The number of carbonyl (C=O) groups excluding carboxylic acids is 2. The highest BCUT2D eigenvalue weighted by atomic mass is 16.2. The van der Waals surface area contributed by atoms with Crippen LogP contribution in [0.1, 0.15) is 29.6 Å². The van der Waals surface area contributed by atoms with E-state index in [1.165, 1.54) is 12.3 Å². The first kappa shape index (κ1) is 12.9. The number of H-pyrrole nitrogens is 1. The molecule has 1 aromatic rings. The minimum absolute atomic E-state index is 0.105. The SMILES string of the molecule is O=C1CCC2CN(C(=O)c3cc[nH]c(=O)c3)CCC2N1. The van der Waals surface area contributed by atoms with E-state index in [9.17, 15) is 14.4 Å². The first-order valence-corrected chi connectivity index (χ1v) is 6.91. The predicted molar refractivity (Wildman–Crippen MR) is 72.2 cm³/mol. The number of nitrogens with zero attached hydrogens (tertiary/aromatic N) is 1. The van der Waals surface area contributed by atoms with Crippen LogP contribution in [0.2, 0.25) is 0 Å². The molecule has 2 N–H and O–H groups in total. The van der Waals surface area contributed by atoms with Crippen molar-refractivity contribution in [2.24, 2.45) is 5.92 Å². The third-order valence-corrected chi connectivity index (χ3v) is 4.13. The van der Waals surface area contributed by atoms with Gasteiger partial charge in [-0.1, -0.05) is 0 Å². The van der Waals surface area contributed by atoms with E-state index in [0.717, 1.165) is 12.8 Å². The van der Waals surface area contributed by atoms with Crippen LogP contribution in [0, 0.1) is 5.92 Å². The largest absolute Gasteiger partial charge is 0.353 e. The number of fused-ring (bicyclic) bond motifs is 1. The number of aromatic amines is 1. The quantitative estimate of drug-likeness (QED) is 0.763. The third-order valence-electron chi connectivity index (χ3n) is 4.13. The van der Waals surface area contributed by atoms with Gasteiger partial charge in [-0.25, -0.2) is 0 Å². The highest BCUT2D eigenvalue weighted by molar-refractivity contribution is 5.94. The van der Waals surface area contributed by atoms with Crippen LogP contribution in [0.5, 0.6) is 0 Å². The van der Waals surface area contributed by atoms with Crippen molar-refractivity contribution in [3.63, 3.8) is 0 Å². The Kier molecular flexibility index (Phi) is 3.30. The summed E-state index contributed by atoms with van der Waals surface area (Å²) in [6, 6.07) is 3.15. The lowest BCUT2D eigenvalue weighted by Gasteiger charge is -2.41. The van der Waals surface area contributed by atoms with Crippen molar-refractivity contribution in [1.29, 1.82) is 0 Å². The lowest BCUT2D eigenvalue weighted by molar-refractivity contribution is -0.125. The van der Waals surface area contributed by atoms with Gasteiger partial charge in [0, 0.05) is 43.4 Å². The molecule has 0 spiro atoms. The molecule has 2 saturated heterocycles. The van der Waals surface area contributed by atoms with E-state index in [-0.39, 0.29) is 23.4 Å². The number of piperidine rings is 2. The summed E-state index contributed by atoms with van der Waals surface area (Å²) in [7, 11) is 0. The maximum absolute atomic E-state index is 12.4. The number of hydrogen-bond acceptors (Lipinski definition) is 3. The second-order valence-corrected chi connectivity index (χ2v) is 5.45. The maximum Gasteiger partial charge on any atom is 0.254 e. The van der Waals surface area contributed by atoms with E-state index >= 15 is 0 Å². The van der Waals surface area contributed by atoms with Gasteiger partial charge in [0.15, 0.2) is 0 Å². The van der Waals surface area contributed by atoms with Crippen LogP contribution in [0.4, 0.5) is 0 Å². The van der Waals surface area contributed by atoms with Gasteiger partial charge in [-0.05, 0) is 24.8 Å². The van der Waals surface area contributed by atoms with E-state index in [2.05, 4.69) is 10.3 Å². The van der Waals surface area contributed by atoms with Gasteiger partial charge < -0.3 is 15.2 Å². The van der Waals surface area contributed by atoms with E-state index in [4.69, 9.17) is 0 Å². The first-order valence-electron chi connectivity index (χ1n) is 6.91. The van der Waals surface area contributed by atoms with Crippen LogP contribution in [-0.4, -0.2) is 40.8 Å². The number of likely N-dealkylation sites (tertiary alicyclic amines) is 1. The molecule has 106 valence electrons. The zero-order valence-corrected chi connectivity index (χ0v) is 11.1. The van der Waals surface area contributed by atoms with Crippen LogP contribution in [-0.2, 0) is 4.79 Å². The summed E-state index contributed by atoms with van der Waals surface area (Å²) in [5.74, 6) is 0.333. The number of amides is 2. The van der Waals surface area contributed by atoms with Crippen molar-refractivity contribution >= 4 is 11.8 Å². The van der Waals surface area contributed by atoms with Gasteiger partial charge in [0.25, 0.3) is 5.91 Å². The molecule has 3 heterocycles. The third kappa shape index (κ3) is 2.45. The highest BCUT2D eigenvalue weighted by Gasteiger charge is 2.35. The number of hydrogen-bond donors (Lipinski definition) is 2. The number of rotatable bonds is 1. The molecule has 20 heavy (non-hydrogen) atoms. The lowest BCUT2D eigenvalue weighted by atomic mass is 9.85. The summed E-state index contributed by atoms with van der Waals surface area (Å²) < 4.78 is 0. The molecular weight excluding hydrogens is 258 g/mol. The normalized spacial score (nSPS) is 25.8. The smallest absolute Gasteiger partial charge is 0.254 e. The zero-order valence-electron chi connectivity index (χ0n) is 11.1. The first-order chi connectivity index (χ1) is 9.63. The molecule has 2 aliphatic rings. The summed E-state index contributed by atoms with van der Waals surface area (Å²) in [5.41, 5.74) is 0.155. The summed E-state index contributed by atoms with van der Waals surface area (Å²) in [6.45, 7) is 1.27. The number of carbonyl (C=O) groups is 2. The van der Waals surface area contributed by atoms with Crippen molar-refractivity contribution in [2.75, 3.05) is 13.1 Å². The number of pyridine rings is 1. The van der Waals surface area contributed by atoms with Crippen LogP contribution >= 0.6 is 0 Å². The van der Waals surface area contributed by atoms with Crippen LogP contribution < -0.4 is 10.9 Å². The van der Waals surface area contributed by atoms with Crippen molar-refractivity contribution in [3.05, 3.63) is 34.2 Å². The molecule has 2 atom stereocenters. The summed E-state index contributed by atoms with van der Waals surface area (Å²) >= 11 is 0. The Morgan fingerprint density at radius 2 is 2.15 bits per heavy atom. The fourth-order valence-corrected chi connectivity index (χ4v) is 3.05. The van der Waals surface area contributed by atoms with E-state index in [1.807, 2.05) is 0 Å². The molecule has 2 fully saturated rings. The molecule has 0 radical (unpaired) electrons. The monoisotopic (exact) mass is 275 g/mol. The van der Waals surface area contributed by atoms with Crippen LogP contribution in [0.3, 0.4) is 0 Å². The predicted octanol–water partition coefficient (Wildman–Crippen LogP) is 0.116. The molecular formula is C14H17N3O3. The molecule has 0 saturated carbocycles. The Balaban J connectivity index is 1.71. The minimum atomic E-state index is -0.268. The second-order valence-electron chi connectivity index (χ2n) is 5.45. The highest BCUT2D eigenvalue weighted by Crippen LogP contribution is 2.26. The Morgan fingerprint density at radius 1 is 1.30 bits per heavy atom. The van der Waals surface area contributed by atoms with Crippen molar-refractivity contribution in [1.82, 2.24) is 15.2 Å². The molecule has 1 aromatic heterocycles. The Labute approximate surface area is 116 Å². The summed E-state index contributed by atoms with van der Waals surface area (Å²) in [5, 5.41) is 2.99. The molecule has 0 aliphatic carbocycles. The number of aromatic nitrogens is 1. The Morgan fingerprint density at radius 3 is 2.95 bits per heavy atom. The Hall–Kier alpha value is -2.11. The molecule has 6 heteroatoms. The lowest BCUT2D eigenvalue weighted by Crippen LogP contribution is -2.55. The fourth-order valence-electron chi connectivity index (χ4n) is 3.05. The van der Waals surface area contributed by atoms with Gasteiger partial charge in [0.05, 0.1) is 0 Å². The molecule has 2 amide bonds. The van der Waals surface area contributed by atoms with Gasteiger partial charge >= 0.3 is 0 Å². The standard InChI is InChI=1S/C14H17N3O3/c18-12-2-1-10-8-17(6-4-11(10)16-12)14(20)9-3-5-15-13(19)7-9/h3,5,7,10-11H,1-2,4,6,8H2,(H,15,19)(H,16,18). The summed E-state index contributed by atoms with van der Waals surface area (Å²) in [4.78, 5) is 39.3. The van der Waals surface area contributed by atoms with Gasteiger partial charge in [-0.15, -0.1) is 0 Å². The molecule has 3 rings (SSSR count). The minimum Gasteiger partial charge on any atom is -0.353 e. The van der Waals surface area contributed by atoms with Gasteiger partial charge in [0.2, 0.25) is 11.5 Å². The topological polar surface area (TPSA) is 82.3 Å². The molecule has 0 bridgehead atoms. The molecule has 2 aliphatic heterocycles. The summed E-state index contributed by atoms with van der Waals surface area (Å²) in [6.07, 6.45) is 3.64. The van der Waals surface area contributed by atoms with E-state index < -0.39 is 0 Å². The van der Waals surface area contributed by atoms with E-state index in [1.54, 1.807) is 11.0 Å². The van der Waals surface area contributed by atoms with Crippen LogP contribution in [0.15, 0.2) is 23.1 Å². The zero-order chi connectivity index (χ0) is 14.1. The van der Waals surface area contributed by atoms with Crippen molar-refractivity contribution < 1.29 is 9.59 Å². The molecule has 6 nitrogen and oxygen atoms in total. The van der Waals surface area contributed by atoms with E-state index in [0.29, 0.717) is 31.0 Å². The van der Waals surface area contributed by atoms with Gasteiger partial charge in [-0.2, -0.15) is 0 Å². The molecule has 0 aromatic carbocycles. The second kappa shape index (κ2) is 5.11. The number of nitrogens with one attached hydrogen (secondary N) is 2. The van der Waals surface area contributed by atoms with Crippen molar-refractivity contribution in [3.8, 4) is 0 Å². The van der Waals surface area contributed by atoms with Gasteiger partial charge in [0.1, 0.15) is 0 Å². The average Bonchev–Trinajstić information content (AvgIpc) is 2.46. The molecule has 2 unspecified atom stereocenters. The van der Waals surface area contributed by atoms with Gasteiger partial charge in [-0.3, -0.25) is 14.4 Å². The fraction of sp³-hybridized carbons (Fsp3) is 0.500. The van der Waals surface area contributed by atoms with Crippen molar-refractivity contribution in [2.45, 2.75) is 25.3 Å². The maximum atomic E-state index is 12.4.